The minimum Gasteiger partial charge on any atom is -0.299 e. The molecule has 25 heavy (non-hydrogen) atoms. The number of thiocarbonyl (C=S) groups is 1. The summed E-state index contributed by atoms with van der Waals surface area (Å²) in [7, 11) is 0. The molecule has 132 valence electrons. The Balaban J connectivity index is 1.86. The first-order valence-electron chi connectivity index (χ1n) is 6.99. The summed E-state index contributed by atoms with van der Waals surface area (Å²) >= 11 is 10.6. The fraction of sp³-hybridized carbons (Fsp3) is 0.125. The second-order valence-electron chi connectivity index (χ2n) is 4.94. The molecule has 0 aliphatic rings. The third kappa shape index (κ3) is 5.61. The van der Waals surface area contributed by atoms with Gasteiger partial charge in [0.15, 0.2) is 5.11 Å². The van der Waals surface area contributed by atoms with Crippen molar-refractivity contribution in [2.24, 2.45) is 0 Å². The highest BCUT2D eigenvalue weighted by atomic mass is 35.5. The first-order valence-corrected chi connectivity index (χ1v) is 7.93. The van der Waals surface area contributed by atoms with Gasteiger partial charge in [0.1, 0.15) is 0 Å². The van der Waals surface area contributed by atoms with Gasteiger partial charge >= 0.3 is 6.18 Å². The molecule has 2 rings (SSSR count). The molecule has 0 saturated heterocycles. The third-order valence-electron chi connectivity index (χ3n) is 3.13. The van der Waals surface area contributed by atoms with E-state index in [9.17, 15) is 18.0 Å². The molecule has 9 heteroatoms. The maximum absolute atomic E-state index is 12.5. The van der Waals surface area contributed by atoms with Gasteiger partial charge in [-0.1, -0.05) is 12.1 Å². The van der Waals surface area contributed by atoms with E-state index < -0.39 is 17.6 Å². The van der Waals surface area contributed by atoms with E-state index in [2.05, 4.69) is 16.2 Å². The van der Waals surface area contributed by atoms with Gasteiger partial charge in [-0.3, -0.25) is 21.0 Å². The number of amides is 1. The minimum absolute atomic E-state index is 0.0219. The SMILES string of the molecule is O=C(NC(=S)NNc1ccc(C(F)(F)F)cc1)c1ccc(CCl)cc1. The molecule has 0 saturated carbocycles. The monoisotopic (exact) mass is 387 g/mol. The number of benzene rings is 2. The molecule has 0 heterocycles. The molecule has 2 aromatic carbocycles. The van der Waals surface area contributed by atoms with Crippen molar-refractivity contribution in [1.82, 2.24) is 10.7 Å². The number of carbonyl (C=O) groups excluding carboxylic acids is 1. The predicted molar refractivity (Wildman–Crippen MR) is 94.3 cm³/mol. The van der Waals surface area contributed by atoms with Gasteiger partial charge in [0.25, 0.3) is 5.91 Å². The van der Waals surface area contributed by atoms with Crippen molar-refractivity contribution in [3.05, 3.63) is 65.2 Å². The van der Waals surface area contributed by atoms with Crippen molar-refractivity contribution >= 4 is 40.5 Å². The van der Waals surface area contributed by atoms with Crippen LogP contribution in [0, 0.1) is 0 Å². The summed E-state index contributed by atoms with van der Waals surface area (Å²) in [6.45, 7) is 0. The highest BCUT2D eigenvalue weighted by molar-refractivity contribution is 7.80. The Hall–Kier alpha value is -2.32. The highest BCUT2D eigenvalue weighted by Crippen LogP contribution is 2.29. The summed E-state index contributed by atoms with van der Waals surface area (Å²) in [4.78, 5) is 12.0. The number of halogens is 4. The molecule has 3 N–H and O–H groups in total. The quantitative estimate of drug-likeness (QED) is 0.420. The molecule has 0 aliphatic heterocycles. The lowest BCUT2D eigenvalue weighted by molar-refractivity contribution is -0.137. The molecule has 2 aromatic rings. The summed E-state index contributed by atoms with van der Waals surface area (Å²) in [6.07, 6.45) is -4.39. The molecule has 0 aromatic heterocycles. The normalized spacial score (nSPS) is 10.9. The van der Waals surface area contributed by atoms with Crippen molar-refractivity contribution in [3.63, 3.8) is 0 Å². The van der Waals surface area contributed by atoms with Gasteiger partial charge in [-0.05, 0) is 54.2 Å². The van der Waals surface area contributed by atoms with Crippen LogP contribution in [-0.4, -0.2) is 11.0 Å². The summed E-state index contributed by atoms with van der Waals surface area (Å²) in [5, 5.41) is 2.42. The Bertz CT molecular complexity index is 749. The van der Waals surface area contributed by atoms with Crippen molar-refractivity contribution < 1.29 is 18.0 Å². The van der Waals surface area contributed by atoms with Crippen molar-refractivity contribution in [1.29, 1.82) is 0 Å². The van der Waals surface area contributed by atoms with Crippen molar-refractivity contribution in [3.8, 4) is 0 Å². The van der Waals surface area contributed by atoms with Gasteiger partial charge in [0, 0.05) is 11.4 Å². The van der Waals surface area contributed by atoms with Crippen molar-refractivity contribution in [2.75, 3.05) is 5.43 Å². The van der Waals surface area contributed by atoms with Gasteiger partial charge in [-0.25, -0.2) is 0 Å². The zero-order chi connectivity index (χ0) is 18.4. The molecule has 4 nitrogen and oxygen atoms in total. The standard InChI is InChI=1S/C16H13ClF3N3OS/c17-9-10-1-3-11(4-2-10)14(24)21-15(25)23-22-13-7-5-12(6-8-13)16(18,19)20/h1-8,22H,9H2,(H2,21,23,24,25). The van der Waals surface area contributed by atoms with Crippen LogP contribution in [0.4, 0.5) is 18.9 Å². The van der Waals surface area contributed by atoms with Crippen LogP contribution in [0.2, 0.25) is 0 Å². The summed E-state index contributed by atoms with van der Waals surface area (Å²) in [6, 6.07) is 11.0. The first-order chi connectivity index (χ1) is 11.8. The van der Waals surface area contributed by atoms with Gasteiger partial charge in [0.05, 0.1) is 11.3 Å². The highest BCUT2D eigenvalue weighted by Gasteiger charge is 2.29. The number of nitrogens with one attached hydrogen (secondary N) is 3. The zero-order valence-electron chi connectivity index (χ0n) is 12.7. The molecule has 0 atom stereocenters. The third-order valence-corrected chi connectivity index (χ3v) is 3.64. The summed E-state index contributed by atoms with van der Waals surface area (Å²) < 4.78 is 37.4. The number of rotatable bonds is 4. The second-order valence-corrected chi connectivity index (χ2v) is 5.61. The maximum Gasteiger partial charge on any atom is 0.416 e. The lowest BCUT2D eigenvalue weighted by atomic mass is 10.1. The molecule has 0 radical (unpaired) electrons. The largest absolute Gasteiger partial charge is 0.416 e. The van der Waals surface area contributed by atoms with Gasteiger partial charge < -0.3 is 0 Å². The molecule has 1 amide bonds. The number of carbonyl (C=O) groups is 1. The molecule has 0 unspecified atom stereocenters. The average molecular weight is 388 g/mol. The number of alkyl halides is 4. The Kier molecular flexibility index (Phi) is 6.22. The zero-order valence-corrected chi connectivity index (χ0v) is 14.2. The van der Waals surface area contributed by atoms with E-state index in [1.165, 1.54) is 12.1 Å². The van der Waals surface area contributed by atoms with E-state index in [1.54, 1.807) is 24.3 Å². The molecule has 0 spiro atoms. The summed E-state index contributed by atoms with van der Waals surface area (Å²) in [5.74, 6) is -0.0771. The van der Waals surface area contributed by atoms with Gasteiger partial charge in [-0.2, -0.15) is 13.2 Å². The van der Waals surface area contributed by atoms with E-state index in [0.29, 0.717) is 17.1 Å². The molecule has 0 bridgehead atoms. The lowest BCUT2D eigenvalue weighted by Crippen LogP contribution is -2.41. The van der Waals surface area contributed by atoms with Crippen LogP contribution in [0.3, 0.4) is 0 Å². The van der Waals surface area contributed by atoms with Crippen LogP contribution in [0.15, 0.2) is 48.5 Å². The smallest absolute Gasteiger partial charge is 0.299 e. The minimum atomic E-state index is -4.39. The fourth-order valence-corrected chi connectivity index (χ4v) is 2.15. The van der Waals surface area contributed by atoms with Crippen molar-refractivity contribution in [2.45, 2.75) is 12.1 Å². The Morgan fingerprint density at radius 2 is 1.64 bits per heavy atom. The fourth-order valence-electron chi connectivity index (χ4n) is 1.82. The number of hydrazine groups is 1. The van der Waals surface area contributed by atoms with Crippen LogP contribution in [0.1, 0.15) is 21.5 Å². The van der Waals surface area contributed by atoms with E-state index in [0.717, 1.165) is 17.7 Å². The van der Waals surface area contributed by atoms with E-state index in [4.69, 9.17) is 23.8 Å². The topological polar surface area (TPSA) is 53.2 Å². The predicted octanol–water partition coefficient (Wildman–Crippen LogP) is 4.08. The van der Waals surface area contributed by atoms with Crippen LogP contribution in [-0.2, 0) is 12.1 Å². The molecular formula is C16H13ClF3N3OS. The number of anilines is 1. The number of hydrogen-bond acceptors (Lipinski definition) is 3. The lowest BCUT2D eigenvalue weighted by Gasteiger charge is -2.13. The second kappa shape index (κ2) is 8.17. The van der Waals surface area contributed by atoms with E-state index >= 15 is 0 Å². The Morgan fingerprint density at radius 3 is 2.16 bits per heavy atom. The van der Waals surface area contributed by atoms with E-state index in [-0.39, 0.29) is 5.11 Å². The van der Waals surface area contributed by atoms with E-state index in [1.807, 2.05) is 0 Å². The molecular weight excluding hydrogens is 375 g/mol. The van der Waals surface area contributed by atoms with Gasteiger partial charge in [-0.15, -0.1) is 11.6 Å². The van der Waals surface area contributed by atoms with Crippen LogP contribution >= 0.6 is 23.8 Å². The molecule has 0 fully saturated rings. The van der Waals surface area contributed by atoms with Crippen LogP contribution < -0.4 is 16.2 Å². The average Bonchev–Trinajstić information content (AvgIpc) is 2.59. The Morgan fingerprint density at radius 1 is 1.04 bits per heavy atom. The summed E-state index contributed by atoms with van der Waals surface area (Å²) in [5.41, 5.74) is 6.01. The molecule has 0 aliphatic carbocycles. The van der Waals surface area contributed by atoms with Crippen LogP contribution in [0.5, 0.6) is 0 Å². The first kappa shape index (κ1) is 19.0. The maximum atomic E-state index is 12.5. The van der Waals surface area contributed by atoms with Gasteiger partial charge in [0.2, 0.25) is 0 Å². The Labute approximate surface area is 152 Å². The number of hydrogen-bond donors (Lipinski definition) is 3. The van der Waals surface area contributed by atoms with Crippen LogP contribution in [0.25, 0.3) is 0 Å².